The lowest BCUT2D eigenvalue weighted by atomic mass is 9.98. The molecule has 3 N–H and O–H groups in total. The van der Waals surface area contributed by atoms with Gasteiger partial charge in [0.1, 0.15) is 5.75 Å². The molecule has 0 fully saturated rings. The van der Waals surface area contributed by atoms with E-state index in [-0.39, 0.29) is 17.7 Å². The second kappa shape index (κ2) is 6.31. The molecule has 0 bridgehead atoms. The van der Waals surface area contributed by atoms with E-state index in [0.717, 1.165) is 16.8 Å². The zero-order valence-electron chi connectivity index (χ0n) is 12.5. The van der Waals surface area contributed by atoms with Gasteiger partial charge in [-0.15, -0.1) is 0 Å². The van der Waals surface area contributed by atoms with Crippen LogP contribution in [-0.2, 0) is 0 Å². The number of phenolic OH excluding ortho intramolecular Hbond substituents is 1. The first kappa shape index (κ1) is 14.9. The Labute approximate surface area is 124 Å². The first-order chi connectivity index (χ1) is 9.97. The molecule has 0 saturated heterocycles. The summed E-state index contributed by atoms with van der Waals surface area (Å²) in [6.45, 7) is 5.84. The number of anilines is 2. The van der Waals surface area contributed by atoms with E-state index in [0.29, 0.717) is 5.69 Å². The van der Waals surface area contributed by atoms with Crippen molar-refractivity contribution in [3.8, 4) is 5.75 Å². The molecule has 0 spiro atoms. The Bertz CT molecular complexity index is 637. The Kier molecular flexibility index (Phi) is 4.48. The van der Waals surface area contributed by atoms with Gasteiger partial charge in [0.05, 0.1) is 0 Å². The second-order valence-corrected chi connectivity index (χ2v) is 5.33. The van der Waals surface area contributed by atoms with Crippen LogP contribution in [0.25, 0.3) is 0 Å². The van der Waals surface area contributed by atoms with Gasteiger partial charge in [0, 0.05) is 11.4 Å². The number of amides is 2. The number of carbonyl (C=O) groups excluding carboxylic acids is 1. The number of nitrogens with one attached hydrogen (secondary N) is 2. The third-order valence-corrected chi connectivity index (χ3v) is 3.27. The Morgan fingerprint density at radius 1 is 1.10 bits per heavy atom. The van der Waals surface area contributed by atoms with E-state index in [1.165, 1.54) is 0 Å². The highest BCUT2D eigenvalue weighted by Gasteiger charge is 2.12. The molecule has 0 atom stereocenters. The minimum Gasteiger partial charge on any atom is -0.508 e. The second-order valence-electron chi connectivity index (χ2n) is 5.33. The van der Waals surface area contributed by atoms with Crippen molar-refractivity contribution in [1.82, 2.24) is 0 Å². The normalized spacial score (nSPS) is 10.5. The average molecular weight is 284 g/mol. The zero-order chi connectivity index (χ0) is 15.4. The van der Waals surface area contributed by atoms with E-state index < -0.39 is 0 Å². The number of phenols is 1. The molecule has 0 aliphatic rings. The van der Waals surface area contributed by atoms with Gasteiger partial charge in [0.25, 0.3) is 0 Å². The Hall–Kier alpha value is -2.49. The predicted octanol–water partition coefficient (Wildman–Crippen LogP) is 4.47. The largest absolute Gasteiger partial charge is 0.508 e. The molecule has 2 aromatic rings. The standard InChI is InChI=1S/C17H20N2O2/c1-11(2)14-10-16(20)12(3)9-15(14)19-17(21)18-13-7-5-4-6-8-13/h4-11,20H,1-3H3,(H2,18,19,21). The number of benzene rings is 2. The molecule has 21 heavy (non-hydrogen) atoms. The van der Waals surface area contributed by atoms with E-state index in [1.807, 2.05) is 44.2 Å². The number of para-hydroxylation sites is 1. The van der Waals surface area contributed by atoms with E-state index in [4.69, 9.17) is 0 Å². The van der Waals surface area contributed by atoms with Crippen molar-refractivity contribution in [3.05, 3.63) is 53.6 Å². The lowest BCUT2D eigenvalue weighted by molar-refractivity contribution is 0.262. The molecule has 0 unspecified atom stereocenters. The van der Waals surface area contributed by atoms with Crippen molar-refractivity contribution in [1.29, 1.82) is 0 Å². The Morgan fingerprint density at radius 2 is 1.76 bits per heavy atom. The number of aromatic hydroxyl groups is 1. The van der Waals surface area contributed by atoms with Crippen molar-refractivity contribution in [2.75, 3.05) is 10.6 Å². The number of carbonyl (C=O) groups is 1. The third kappa shape index (κ3) is 3.75. The van der Waals surface area contributed by atoms with Crippen LogP contribution in [0.2, 0.25) is 0 Å². The molecule has 2 aromatic carbocycles. The number of hydrogen-bond donors (Lipinski definition) is 3. The monoisotopic (exact) mass is 284 g/mol. The smallest absolute Gasteiger partial charge is 0.323 e. The summed E-state index contributed by atoms with van der Waals surface area (Å²) in [5.41, 5.74) is 3.08. The van der Waals surface area contributed by atoms with Gasteiger partial charge < -0.3 is 15.7 Å². The Balaban J connectivity index is 2.19. The minimum atomic E-state index is -0.298. The van der Waals surface area contributed by atoms with Crippen LogP contribution in [0.1, 0.15) is 30.9 Å². The highest BCUT2D eigenvalue weighted by atomic mass is 16.3. The van der Waals surface area contributed by atoms with Crippen LogP contribution in [0.4, 0.5) is 16.2 Å². The van der Waals surface area contributed by atoms with Gasteiger partial charge in [-0.05, 0) is 48.2 Å². The van der Waals surface area contributed by atoms with E-state index >= 15 is 0 Å². The average Bonchev–Trinajstić information content (AvgIpc) is 2.43. The third-order valence-electron chi connectivity index (χ3n) is 3.27. The van der Waals surface area contributed by atoms with Gasteiger partial charge in [-0.2, -0.15) is 0 Å². The molecule has 4 nitrogen and oxygen atoms in total. The molecule has 0 aliphatic carbocycles. The van der Waals surface area contributed by atoms with Crippen molar-refractivity contribution in [2.24, 2.45) is 0 Å². The maximum absolute atomic E-state index is 12.1. The van der Waals surface area contributed by atoms with Gasteiger partial charge in [-0.25, -0.2) is 4.79 Å². The van der Waals surface area contributed by atoms with Gasteiger partial charge in [0.15, 0.2) is 0 Å². The zero-order valence-corrected chi connectivity index (χ0v) is 12.5. The summed E-state index contributed by atoms with van der Waals surface area (Å²) in [4.78, 5) is 12.1. The van der Waals surface area contributed by atoms with Gasteiger partial charge in [0.2, 0.25) is 0 Å². The molecular weight excluding hydrogens is 264 g/mol. The van der Waals surface area contributed by atoms with Crippen LogP contribution in [-0.4, -0.2) is 11.1 Å². The van der Waals surface area contributed by atoms with E-state index in [2.05, 4.69) is 10.6 Å². The summed E-state index contributed by atoms with van der Waals surface area (Å²) in [7, 11) is 0. The Morgan fingerprint density at radius 3 is 2.38 bits per heavy atom. The number of urea groups is 1. The molecule has 0 heterocycles. The van der Waals surface area contributed by atoms with Crippen molar-refractivity contribution in [2.45, 2.75) is 26.7 Å². The SMILES string of the molecule is Cc1cc(NC(=O)Nc2ccccc2)c(C(C)C)cc1O. The quantitative estimate of drug-likeness (QED) is 0.728. The van der Waals surface area contributed by atoms with Gasteiger partial charge in [-0.3, -0.25) is 0 Å². The van der Waals surface area contributed by atoms with Crippen molar-refractivity contribution < 1.29 is 9.90 Å². The first-order valence-electron chi connectivity index (χ1n) is 6.94. The summed E-state index contributed by atoms with van der Waals surface area (Å²) in [5.74, 6) is 0.441. The first-order valence-corrected chi connectivity index (χ1v) is 6.94. The van der Waals surface area contributed by atoms with Gasteiger partial charge in [-0.1, -0.05) is 32.0 Å². The number of aryl methyl sites for hydroxylation is 1. The number of hydrogen-bond acceptors (Lipinski definition) is 2. The molecular formula is C17H20N2O2. The predicted molar refractivity (Wildman–Crippen MR) is 86.0 cm³/mol. The summed E-state index contributed by atoms with van der Waals surface area (Å²) in [5, 5.41) is 15.4. The van der Waals surface area contributed by atoms with Crippen molar-refractivity contribution in [3.63, 3.8) is 0 Å². The highest BCUT2D eigenvalue weighted by molar-refractivity contribution is 6.00. The van der Waals surface area contributed by atoms with Crippen LogP contribution in [0.5, 0.6) is 5.75 Å². The van der Waals surface area contributed by atoms with Crippen LogP contribution in [0.3, 0.4) is 0 Å². The van der Waals surface area contributed by atoms with Crippen LogP contribution >= 0.6 is 0 Å². The summed E-state index contributed by atoms with van der Waals surface area (Å²) in [6, 6.07) is 12.5. The van der Waals surface area contributed by atoms with Crippen molar-refractivity contribution >= 4 is 17.4 Å². The molecule has 110 valence electrons. The molecule has 4 heteroatoms. The topological polar surface area (TPSA) is 61.4 Å². The molecule has 2 amide bonds. The molecule has 0 aliphatic heterocycles. The maximum atomic E-state index is 12.1. The minimum absolute atomic E-state index is 0.198. The molecule has 2 rings (SSSR count). The van der Waals surface area contributed by atoms with E-state index in [9.17, 15) is 9.90 Å². The summed E-state index contributed by atoms with van der Waals surface area (Å²) < 4.78 is 0. The number of rotatable bonds is 3. The molecule has 0 saturated carbocycles. The summed E-state index contributed by atoms with van der Waals surface area (Å²) >= 11 is 0. The fraction of sp³-hybridized carbons (Fsp3) is 0.235. The molecule has 0 aromatic heterocycles. The maximum Gasteiger partial charge on any atom is 0.323 e. The van der Waals surface area contributed by atoms with Crippen LogP contribution < -0.4 is 10.6 Å². The highest BCUT2D eigenvalue weighted by Crippen LogP contribution is 2.31. The summed E-state index contributed by atoms with van der Waals surface area (Å²) in [6.07, 6.45) is 0. The fourth-order valence-electron chi connectivity index (χ4n) is 2.10. The lowest BCUT2D eigenvalue weighted by Crippen LogP contribution is -2.20. The van der Waals surface area contributed by atoms with E-state index in [1.54, 1.807) is 19.1 Å². The van der Waals surface area contributed by atoms with Gasteiger partial charge >= 0.3 is 6.03 Å². The lowest BCUT2D eigenvalue weighted by Gasteiger charge is -2.16. The van der Waals surface area contributed by atoms with Crippen LogP contribution in [0.15, 0.2) is 42.5 Å². The molecule has 0 radical (unpaired) electrons. The van der Waals surface area contributed by atoms with Crippen LogP contribution in [0, 0.1) is 6.92 Å². The fourth-order valence-corrected chi connectivity index (χ4v) is 2.10.